The Labute approximate surface area is 120 Å². The lowest BCUT2D eigenvalue weighted by atomic mass is 10.3. The highest BCUT2D eigenvalue weighted by Gasteiger charge is 2.08. The average molecular weight is 291 g/mol. The number of ketones is 1. The van der Waals surface area contributed by atoms with Gasteiger partial charge in [0.05, 0.1) is 16.4 Å². The van der Waals surface area contributed by atoms with Gasteiger partial charge in [-0.1, -0.05) is 24.3 Å². The van der Waals surface area contributed by atoms with Crippen molar-refractivity contribution in [2.45, 2.75) is 0 Å². The molecule has 1 aromatic heterocycles. The van der Waals surface area contributed by atoms with Crippen LogP contribution >= 0.6 is 23.1 Å². The van der Waals surface area contributed by atoms with Crippen LogP contribution in [0.2, 0.25) is 0 Å². The first kappa shape index (κ1) is 13.8. The Hall–Kier alpha value is -1.59. The Morgan fingerprint density at radius 1 is 1.05 bits per heavy atom. The molecule has 0 saturated heterocycles. The van der Waals surface area contributed by atoms with Crippen LogP contribution in [0.3, 0.4) is 0 Å². The fourth-order valence-corrected chi connectivity index (χ4v) is 2.92. The molecule has 0 atom stereocenters. The SMILES string of the molecule is O=C(CSCC(=O)c1cccs1)Nc1ccccc1. The summed E-state index contributed by atoms with van der Waals surface area (Å²) < 4.78 is 0. The van der Waals surface area contributed by atoms with Crippen molar-refractivity contribution in [1.82, 2.24) is 0 Å². The molecule has 5 heteroatoms. The number of amides is 1. The van der Waals surface area contributed by atoms with Crippen LogP contribution in [-0.4, -0.2) is 23.2 Å². The van der Waals surface area contributed by atoms with Gasteiger partial charge >= 0.3 is 0 Å². The molecule has 2 aromatic rings. The molecule has 1 heterocycles. The largest absolute Gasteiger partial charge is 0.325 e. The maximum atomic E-state index is 11.7. The molecule has 0 aliphatic heterocycles. The summed E-state index contributed by atoms with van der Waals surface area (Å²) in [7, 11) is 0. The maximum absolute atomic E-state index is 11.7. The number of anilines is 1. The summed E-state index contributed by atoms with van der Waals surface area (Å²) in [6.45, 7) is 0. The van der Waals surface area contributed by atoms with E-state index in [2.05, 4.69) is 5.32 Å². The summed E-state index contributed by atoms with van der Waals surface area (Å²) in [4.78, 5) is 24.1. The molecule has 0 radical (unpaired) electrons. The van der Waals surface area contributed by atoms with E-state index in [1.165, 1.54) is 23.1 Å². The topological polar surface area (TPSA) is 46.2 Å². The second-order valence-corrected chi connectivity index (χ2v) is 5.74. The molecule has 3 nitrogen and oxygen atoms in total. The number of thiophene rings is 1. The van der Waals surface area contributed by atoms with Gasteiger partial charge in [0, 0.05) is 5.69 Å². The highest BCUT2D eigenvalue weighted by atomic mass is 32.2. The fourth-order valence-electron chi connectivity index (χ4n) is 1.46. The monoisotopic (exact) mass is 291 g/mol. The molecule has 0 aliphatic rings. The van der Waals surface area contributed by atoms with Crippen molar-refractivity contribution in [3.8, 4) is 0 Å². The molecule has 2 rings (SSSR count). The first-order chi connectivity index (χ1) is 9.25. The van der Waals surface area contributed by atoms with Crippen LogP contribution in [0.15, 0.2) is 47.8 Å². The molecule has 19 heavy (non-hydrogen) atoms. The lowest BCUT2D eigenvalue weighted by Crippen LogP contribution is -2.15. The molecule has 0 unspecified atom stereocenters. The van der Waals surface area contributed by atoms with Crippen LogP contribution in [0.1, 0.15) is 9.67 Å². The number of carbonyl (C=O) groups excluding carboxylic acids is 2. The van der Waals surface area contributed by atoms with E-state index >= 15 is 0 Å². The second-order valence-electron chi connectivity index (χ2n) is 3.81. The van der Waals surface area contributed by atoms with Gasteiger partial charge in [0.15, 0.2) is 5.78 Å². The van der Waals surface area contributed by atoms with E-state index in [9.17, 15) is 9.59 Å². The molecule has 0 bridgehead atoms. The number of thioether (sulfide) groups is 1. The number of carbonyl (C=O) groups is 2. The van der Waals surface area contributed by atoms with Crippen molar-refractivity contribution in [2.24, 2.45) is 0 Å². The van der Waals surface area contributed by atoms with Crippen molar-refractivity contribution < 1.29 is 9.59 Å². The van der Waals surface area contributed by atoms with Crippen molar-refractivity contribution >= 4 is 40.5 Å². The molecule has 1 amide bonds. The predicted octanol–water partition coefficient (Wildman–Crippen LogP) is 3.30. The number of hydrogen-bond acceptors (Lipinski definition) is 4. The van der Waals surface area contributed by atoms with Crippen LogP contribution in [0.25, 0.3) is 0 Å². The van der Waals surface area contributed by atoms with Crippen LogP contribution in [0.4, 0.5) is 5.69 Å². The number of rotatable bonds is 6. The van der Waals surface area contributed by atoms with E-state index in [-0.39, 0.29) is 17.4 Å². The van der Waals surface area contributed by atoms with Gasteiger partial charge in [0.1, 0.15) is 0 Å². The third-order valence-electron chi connectivity index (χ3n) is 2.32. The minimum atomic E-state index is -0.0878. The van der Waals surface area contributed by atoms with E-state index in [1.54, 1.807) is 6.07 Å². The lowest BCUT2D eigenvalue weighted by Gasteiger charge is -2.04. The summed E-state index contributed by atoms with van der Waals surface area (Å²) in [5, 5.41) is 4.66. The molecule has 98 valence electrons. The average Bonchev–Trinajstić information content (AvgIpc) is 2.93. The van der Waals surface area contributed by atoms with Gasteiger partial charge in [0.25, 0.3) is 0 Å². The molecular weight excluding hydrogens is 278 g/mol. The summed E-state index contributed by atoms with van der Waals surface area (Å²) >= 11 is 2.76. The zero-order valence-corrected chi connectivity index (χ0v) is 11.8. The third-order valence-corrected chi connectivity index (χ3v) is 4.16. The van der Waals surface area contributed by atoms with Gasteiger partial charge in [-0.15, -0.1) is 23.1 Å². The highest BCUT2D eigenvalue weighted by molar-refractivity contribution is 8.00. The Kier molecular flexibility index (Phi) is 5.18. The summed E-state index contributed by atoms with van der Waals surface area (Å²) in [5.41, 5.74) is 0.776. The maximum Gasteiger partial charge on any atom is 0.234 e. The van der Waals surface area contributed by atoms with Crippen LogP contribution in [-0.2, 0) is 4.79 Å². The summed E-state index contributed by atoms with van der Waals surface area (Å²) in [6, 6.07) is 12.9. The zero-order chi connectivity index (χ0) is 13.5. The molecule has 0 spiro atoms. The molecule has 0 saturated carbocycles. The number of Topliss-reactive ketones (excluding diaryl/α,β-unsaturated/α-hetero) is 1. The molecule has 0 aliphatic carbocycles. The van der Waals surface area contributed by atoms with Crippen molar-refractivity contribution in [3.05, 3.63) is 52.7 Å². The van der Waals surface area contributed by atoms with Gasteiger partial charge in [-0.25, -0.2) is 0 Å². The first-order valence-electron chi connectivity index (χ1n) is 5.75. The molecule has 1 N–H and O–H groups in total. The minimum absolute atomic E-state index is 0.0764. The van der Waals surface area contributed by atoms with Gasteiger partial charge in [-0.3, -0.25) is 9.59 Å². The van der Waals surface area contributed by atoms with Crippen LogP contribution in [0, 0.1) is 0 Å². The number of nitrogens with one attached hydrogen (secondary N) is 1. The van der Waals surface area contributed by atoms with Gasteiger partial charge in [-0.2, -0.15) is 0 Å². The van der Waals surface area contributed by atoms with E-state index in [0.717, 1.165) is 10.6 Å². The standard InChI is InChI=1S/C14H13NO2S2/c16-12(13-7-4-8-19-13)9-18-10-14(17)15-11-5-2-1-3-6-11/h1-8H,9-10H2,(H,15,17). The van der Waals surface area contributed by atoms with Gasteiger partial charge < -0.3 is 5.32 Å². The fraction of sp³-hybridized carbons (Fsp3) is 0.143. The second kappa shape index (κ2) is 7.11. The predicted molar refractivity (Wildman–Crippen MR) is 81.0 cm³/mol. The van der Waals surface area contributed by atoms with Crippen LogP contribution in [0.5, 0.6) is 0 Å². The zero-order valence-electron chi connectivity index (χ0n) is 10.2. The Morgan fingerprint density at radius 2 is 1.84 bits per heavy atom. The van der Waals surface area contributed by atoms with E-state index in [0.29, 0.717) is 5.75 Å². The molecular formula is C14H13NO2S2. The number of hydrogen-bond donors (Lipinski definition) is 1. The van der Waals surface area contributed by atoms with Crippen molar-refractivity contribution in [3.63, 3.8) is 0 Å². The van der Waals surface area contributed by atoms with Crippen molar-refractivity contribution in [2.75, 3.05) is 16.8 Å². The van der Waals surface area contributed by atoms with E-state index in [1.807, 2.05) is 41.8 Å². The minimum Gasteiger partial charge on any atom is -0.325 e. The molecule has 0 fully saturated rings. The normalized spacial score (nSPS) is 10.1. The third kappa shape index (κ3) is 4.54. The number of benzene rings is 1. The lowest BCUT2D eigenvalue weighted by molar-refractivity contribution is -0.113. The summed E-state index contributed by atoms with van der Waals surface area (Å²) in [5.74, 6) is 0.608. The Balaban J connectivity index is 1.71. The van der Waals surface area contributed by atoms with E-state index < -0.39 is 0 Å². The Morgan fingerprint density at radius 3 is 2.53 bits per heavy atom. The molecule has 1 aromatic carbocycles. The van der Waals surface area contributed by atoms with Gasteiger partial charge in [0.2, 0.25) is 5.91 Å². The van der Waals surface area contributed by atoms with Crippen molar-refractivity contribution in [1.29, 1.82) is 0 Å². The van der Waals surface area contributed by atoms with Gasteiger partial charge in [-0.05, 0) is 23.6 Å². The first-order valence-corrected chi connectivity index (χ1v) is 7.78. The highest BCUT2D eigenvalue weighted by Crippen LogP contribution is 2.13. The van der Waals surface area contributed by atoms with Crippen LogP contribution < -0.4 is 5.32 Å². The quantitative estimate of drug-likeness (QED) is 0.831. The smallest absolute Gasteiger partial charge is 0.234 e. The van der Waals surface area contributed by atoms with E-state index in [4.69, 9.17) is 0 Å². The number of para-hydroxylation sites is 1. The summed E-state index contributed by atoms with van der Waals surface area (Å²) in [6.07, 6.45) is 0. The Bertz CT molecular complexity index is 538.